The van der Waals surface area contributed by atoms with Crippen LogP contribution in [0.15, 0.2) is 18.2 Å². The van der Waals surface area contributed by atoms with Crippen LogP contribution in [0.4, 0.5) is 5.69 Å². The molecule has 1 aromatic carbocycles. The van der Waals surface area contributed by atoms with E-state index >= 15 is 0 Å². The first-order valence-corrected chi connectivity index (χ1v) is 6.88. The Kier molecular flexibility index (Phi) is 4.49. The number of anilines is 1. The standard InChI is InChI=1S/C14H22ClN3/c1-11-10-17(3)6-7-18(11)14-8-13(15)5-4-12(14)9-16-2/h4-5,8,11,16H,6-7,9-10H2,1-3H3. The predicted octanol–water partition coefficient (Wildman–Crippen LogP) is 2.20. The van der Waals surface area contributed by atoms with Gasteiger partial charge in [0.05, 0.1) is 0 Å². The molecule has 1 atom stereocenters. The summed E-state index contributed by atoms with van der Waals surface area (Å²) in [5, 5.41) is 4.04. The minimum Gasteiger partial charge on any atom is -0.366 e. The maximum Gasteiger partial charge on any atom is 0.0430 e. The summed E-state index contributed by atoms with van der Waals surface area (Å²) in [4.78, 5) is 4.85. The Hall–Kier alpha value is -0.770. The lowest BCUT2D eigenvalue weighted by Gasteiger charge is -2.40. The van der Waals surface area contributed by atoms with Gasteiger partial charge in [0.2, 0.25) is 0 Å². The maximum absolute atomic E-state index is 6.16. The van der Waals surface area contributed by atoms with Crippen molar-refractivity contribution >= 4 is 17.3 Å². The molecule has 0 radical (unpaired) electrons. The zero-order valence-electron chi connectivity index (χ0n) is 11.4. The molecule has 0 aromatic heterocycles. The fourth-order valence-corrected chi connectivity index (χ4v) is 2.81. The molecule has 0 aliphatic carbocycles. The Bertz CT molecular complexity index is 408. The molecule has 100 valence electrons. The summed E-state index contributed by atoms with van der Waals surface area (Å²) in [6.07, 6.45) is 0. The third-order valence-corrected chi connectivity index (χ3v) is 3.79. The molecule has 0 amide bonds. The average Bonchev–Trinajstić information content (AvgIpc) is 2.32. The van der Waals surface area contributed by atoms with Crippen LogP contribution in [0.2, 0.25) is 5.02 Å². The molecule has 1 fully saturated rings. The first kappa shape index (κ1) is 13.7. The second-order valence-corrected chi connectivity index (χ2v) is 5.54. The molecular formula is C14H22ClN3. The van der Waals surface area contributed by atoms with Gasteiger partial charge in [-0.25, -0.2) is 0 Å². The number of piperazine rings is 1. The topological polar surface area (TPSA) is 18.5 Å². The van der Waals surface area contributed by atoms with Crippen LogP contribution in [0.3, 0.4) is 0 Å². The number of hydrogen-bond acceptors (Lipinski definition) is 3. The quantitative estimate of drug-likeness (QED) is 0.906. The number of likely N-dealkylation sites (N-methyl/N-ethyl adjacent to an activating group) is 1. The van der Waals surface area contributed by atoms with Crippen molar-refractivity contribution < 1.29 is 0 Å². The van der Waals surface area contributed by atoms with E-state index in [0.717, 1.165) is 31.2 Å². The van der Waals surface area contributed by atoms with Gasteiger partial charge < -0.3 is 15.1 Å². The van der Waals surface area contributed by atoms with E-state index in [-0.39, 0.29) is 0 Å². The Balaban J connectivity index is 2.28. The molecule has 1 aliphatic heterocycles. The lowest BCUT2D eigenvalue weighted by molar-refractivity contribution is 0.275. The summed E-state index contributed by atoms with van der Waals surface area (Å²) >= 11 is 6.16. The van der Waals surface area contributed by atoms with Gasteiger partial charge in [-0.1, -0.05) is 17.7 Å². The maximum atomic E-state index is 6.16. The Labute approximate surface area is 115 Å². The largest absolute Gasteiger partial charge is 0.366 e. The second kappa shape index (κ2) is 5.91. The van der Waals surface area contributed by atoms with Crippen molar-refractivity contribution in [2.75, 3.05) is 38.6 Å². The molecule has 1 unspecified atom stereocenters. The van der Waals surface area contributed by atoms with Crippen molar-refractivity contribution in [3.63, 3.8) is 0 Å². The zero-order chi connectivity index (χ0) is 13.1. The van der Waals surface area contributed by atoms with Gasteiger partial charge in [-0.15, -0.1) is 0 Å². The van der Waals surface area contributed by atoms with Crippen LogP contribution in [0.1, 0.15) is 12.5 Å². The van der Waals surface area contributed by atoms with Crippen molar-refractivity contribution in [3.05, 3.63) is 28.8 Å². The van der Waals surface area contributed by atoms with E-state index in [4.69, 9.17) is 11.6 Å². The van der Waals surface area contributed by atoms with E-state index < -0.39 is 0 Å². The molecule has 1 N–H and O–H groups in total. The van der Waals surface area contributed by atoms with Crippen molar-refractivity contribution in [1.29, 1.82) is 0 Å². The van der Waals surface area contributed by atoms with Crippen molar-refractivity contribution in [2.24, 2.45) is 0 Å². The molecule has 4 heteroatoms. The van der Waals surface area contributed by atoms with Gasteiger partial charge >= 0.3 is 0 Å². The van der Waals surface area contributed by atoms with Crippen LogP contribution in [-0.4, -0.2) is 44.7 Å². The lowest BCUT2D eigenvalue weighted by atomic mass is 10.1. The molecule has 1 aliphatic rings. The summed E-state index contributed by atoms with van der Waals surface area (Å²) in [6, 6.07) is 6.71. The summed E-state index contributed by atoms with van der Waals surface area (Å²) in [7, 11) is 4.16. The summed E-state index contributed by atoms with van der Waals surface area (Å²) in [6.45, 7) is 6.43. The fraction of sp³-hybridized carbons (Fsp3) is 0.571. The van der Waals surface area contributed by atoms with Crippen LogP contribution in [0.5, 0.6) is 0 Å². The highest BCUT2D eigenvalue weighted by Gasteiger charge is 2.23. The van der Waals surface area contributed by atoms with Crippen LogP contribution in [0, 0.1) is 0 Å². The number of nitrogens with zero attached hydrogens (tertiary/aromatic N) is 2. The monoisotopic (exact) mass is 267 g/mol. The molecule has 0 bridgehead atoms. The zero-order valence-corrected chi connectivity index (χ0v) is 12.2. The van der Waals surface area contributed by atoms with E-state index in [9.17, 15) is 0 Å². The van der Waals surface area contributed by atoms with E-state index in [0.29, 0.717) is 6.04 Å². The van der Waals surface area contributed by atoms with Crippen molar-refractivity contribution in [2.45, 2.75) is 19.5 Å². The first-order chi connectivity index (χ1) is 8.61. The third-order valence-electron chi connectivity index (χ3n) is 3.55. The number of halogens is 1. The van der Waals surface area contributed by atoms with Gasteiger partial charge in [0, 0.05) is 42.9 Å². The van der Waals surface area contributed by atoms with Gasteiger partial charge in [0.25, 0.3) is 0 Å². The van der Waals surface area contributed by atoms with Gasteiger partial charge in [-0.3, -0.25) is 0 Å². The number of nitrogens with one attached hydrogen (secondary N) is 1. The molecular weight excluding hydrogens is 246 g/mol. The normalized spacial score (nSPS) is 21.3. The highest BCUT2D eigenvalue weighted by Crippen LogP contribution is 2.28. The summed E-state index contributed by atoms with van der Waals surface area (Å²) < 4.78 is 0. The van der Waals surface area contributed by atoms with Crippen LogP contribution in [0.25, 0.3) is 0 Å². The fourth-order valence-electron chi connectivity index (χ4n) is 2.64. The van der Waals surface area contributed by atoms with Gasteiger partial charge in [0.15, 0.2) is 0 Å². The van der Waals surface area contributed by atoms with Crippen LogP contribution in [-0.2, 0) is 6.54 Å². The highest BCUT2D eigenvalue weighted by atomic mass is 35.5. The smallest absolute Gasteiger partial charge is 0.0430 e. The van der Waals surface area contributed by atoms with Crippen LogP contribution >= 0.6 is 11.6 Å². The van der Waals surface area contributed by atoms with E-state index in [1.54, 1.807) is 0 Å². The second-order valence-electron chi connectivity index (χ2n) is 5.11. The minimum absolute atomic E-state index is 0.526. The van der Waals surface area contributed by atoms with E-state index in [1.807, 2.05) is 13.1 Å². The lowest BCUT2D eigenvalue weighted by Crippen LogP contribution is -2.50. The molecule has 2 rings (SSSR count). The summed E-state index contributed by atoms with van der Waals surface area (Å²) in [5.41, 5.74) is 2.59. The molecule has 1 heterocycles. The van der Waals surface area contributed by atoms with Crippen molar-refractivity contribution in [3.8, 4) is 0 Å². The summed E-state index contributed by atoms with van der Waals surface area (Å²) in [5.74, 6) is 0. The average molecular weight is 268 g/mol. The first-order valence-electron chi connectivity index (χ1n) is 6.50. The van der Waals surface area contributed by atoms with Gasteiger partial charge in [-0.2, -0.15) is 0 Å². The minimum atomic E-state index is 0.526. The van der Waals surface area contributed by atoms with E-state index in [1.165, 1.54) is 11.3 Å². The Morgan fingerprint density at radius 3 is 2.83 bits per heavy atom. The van der Waals surface area contributed by atoms with E-state index in [2.05, 4.69) is 41.2 Å². The SMILES string of the molecule is CNCc1ccc(Cl)cc1N1CCN(C)CC1C. The molecule has 18 heavy (non-hydrogen) atoms. The highest BCUT2D eigenvalue weighted by molar-refractivity contribution is 6.30. The Morgan fingerprint density at radius 1 is 1.39 bits per heavy atom. The molecule has 3 nitrogen and oxygen atoms in total. The van der Waals surface area contributed by atoms with Crippen LogP contribution < -0.4 is 10.2 Å². The molecule has 0 spiro atoms. The number of benzene rings is 1. The van der Waals surface area contributed by atoms with Gasteiger partial charge in [-0.05, 0) is 38.7 Å². The third kappa shape index (κ3) is 2.97. The molecule has 1 saturated heterocycles. The number of rotatable bonds is 3. The molecule has 0 saturated carbocycles. The Morgan fingerprint density at radius 2 is 2.17 bits per heavy atom. The van der Waals surface area contributed by atoms with Crippen molar-refractivity contribution in [1.82, 2.24) is 10.2 Å². The predicted molar refractivity (Wildman–Crippen MR) is 78.5 cm³/mol. The number of hydrogen-bond donors (Lipinski definition) is 1. The van der Waals surface area contributed by atoms with Gasteiger partial charge in [0.1, 0.15) is 0 Å². The molecule has 1 aromatic rings.